The van der Waals surface area contributed by atoms with Gasteiger partial charge in [0.15, 0.2) is 0 Å². The van der Waals surface area contributed by atoms with E-state index >= 15 is 0 Å². The van der Waals surface area contributed by atoms with Crippen molar-refractivity contribution in [3.63, 3.8) is 0 Å². The van der Waals surface area contributed by atoms with E-state index in [1.165, 1.54) is 0 Å². The second kappa shape index (κ2) is 8.38. The Morgan fingerprint density at radius 2 is 2.05 bits per heavy atom. The molecule has 120 valence electrons. The molecule has 0 spiro atoms. The van der Waals surface area contributed by atoms with Gasteiger partial charge >= 0.3 is 6.03 Å². The maximum absolute atomic E-state index is 12.3. The van der Waals surface area contributed by atoms with Crippen LogP contribution in [0.2, 0.25) is 0 Å². The number of benzene rings is 1. The van der Waals surface area contributed by atoms with E-state index in [0.29, 0.717) is 32.8 Å². The van der Waals surface area contributed by atoms with Gasteiger partial charge in [0, 0.05) is 38.5 Å². The summed E-state index contributed by atoms with van der Waals surface area (Å²) in [5.74, 6) is -0.125. The van der Waals surface area contributed by atoms with Crippen molar-refractivity contribution in [2.24, 2.45) is 0 Å². The van der Waals surface area contributed by atoms with Gasteiger partial charge in [-0.15, -0.1) is 0 Å². The first-order valence-electron chi connectivity index (χ1n) is 7.68. The van der Waals surface area contributed by atoms with Crippen LogP contribution in [0, 0.1) is 0 Å². The molecule has 1 heterocycles. The molecule has 1 N–H and O–H groups in total. The molecule has 0 radical (unpaired) electrons. The Balaban J connectivity index is 1.75. The average Bonchev–Trinajstić information content (AvgIpc) is 2.89. The molecule has 2 rings (SSSR count). The van der Waals surface area contributed by atoms with Crippen LogP contribution >= 0.6 is 0 Å². The molecule has 0 atom stereocenters. The van der Waals surface area contributed by atoms with Gasteiger partial charge in [0.25, 0.3) is 0 Å². The summed E-state index contributed by atoms with van der Waals surface area (Å²) in [6.45, 7) is 5.13. The van der Waals surface area contributed by atoms with E-state index in [1.54, 1.807) is 9.80 Å². The summed E-state index contributed by atoms with van der Waals surface area (Å²) < 4.78 is 5.21. The van der Waals surface area contributed by atoms with E-state index in [2.05, 4.69) is 5.32 Å². The highest BCUT2D eigenvalue weighted by atomic mass is 16.5. The van der Waals surface area contributed by atoms with E-state index < -0.39 is 0 Å². The summed E-state index contributed by atoms with van der Waals surface area (Å²) in [7, 11) is 0. The molecular formula is C16H23N3O3. The van der Waals surface area contributed by atoms with Crippen molar-refractivity contribution in [1.82, 2.24) is 10.2 Å². The lowest BCUT2D eigenvalue weighted by Crippen LogP contribution is -2.40. The van der Waals surface area contributed by atoms with Gasteiger partial charge in [-0.05, 0) is 25.5 Å². The molecule has 0 bridgehead atoms. The third-order valence-electron chi connectivity index (χ3n) is 3.49. The standard InChI is InChI=1S/C16H23N3O3/c1-2-22-12-6-9-17-15(20)13-18-10-11-19(16(18)21)14-7-4-3-5-8-14/h3-5,7-8H,2,6,9-13H2,1H3,(H,17,20). The van der Waals surface area contributed by atoms with Crippen molar-refractivity contribution in [2.45, 2.75) is 13.3 Å². The largest absolute Gasteiger partial charge is 0.382 e. The number of carbonyl (C=O) groups excluding carboxylic acids is 2. The van der Waals surface area contributed by atoms with E-state index in [-0.39, 0.29) is 18.5 Å². The second-order valence-corrected chi connectivity index (χ2v) is 5.09. The lowest BCUT2D eigenvalue weighted by molar-refractivity contribution is -0.121. The summed E-state index contributed by atoms with van der Waals surface area (Å²) in [4.78, 5) is 27.4. The molecule has 22 heavy (non-hydrogen) atoms. The van der Waals surface area contributed by atoms with Crippen LogP contribution in [0.25, 0.3) is 0 Å². The topological polar surface area (TPSA) is 61.9 Å². The first-order valence-corrected chi connectivity index (χ1v) is 7.68. The zero-order chi connectivity index (χ0) is 15.8. The molecule has 0 aromatic heterocycles. The highest BCUT2D eigenvalue weighted by Gasteiger charge is 2.30. The van der Waals surface area contributed by atoms with Gasteiger partial charge in [-0.25, -0.2) is 4.79 Å². The fourth-order valence-corrected chi connectivity index (χ4v) is 2.35. The number of anilines is 1. The molecule has 1 aliphatic rings. The van der Waals surface area contributed by atoms with E-state index in [1.807, 2.05) is 37.3 Å². The van der Waals surface area contributed by atoms with Crippen molar-refractivity contribution in [2.75, 3.05) is 44.3 Å². The van der Waals surface area contributed by atoms with Crippen LogP contribution in [0.15, 0.2) is 30.3 Å². The lowest BCUT2D eigenvalue weighted by Gasteiger charge is -2.18. The molecule has 3 amide bonds. The number of nitrogens with one attached hydrogen (secondary N) is 1. The van der Waals surface area contributed by atoms with Crippen LogP contribution in [0.5, 0.6) is 0 Å². The number of hydrogen-bond acceptors (Lipinski definition) is 3. The maximum atomic E-state index is 12.3. The van der Waals surface area contributed by atoms with Gasteiger partial charge in [0.1, 0.15) is 6.54 Å². The molecule has 6 heteroatoms. The third kappa shape index (κ3) is 4.46. The van der Waals surface area contributed by atoms with E-state index in [9.17, 15) is 9.59 Å². The minimum absolute atomic E-state index is 0.108. The van der Waals surface area contributed by atoms with E-state index in [0.717, 1.165) is 12.1 Å². The molecule has 6 nitrogen and oxygen atoms in total. The summed E-state index contributed by atoms with van der Waals surface area (Å²) in [5, 5.41) is 2.81. The first kappa shape index (κ1) is 16.3. The molecule has 1 aromatic rings. The molecule has 1 aliphatic heterocycles. The highest BCUT2D eigenvalue weighted by molar-refractivity contribution is 5.96. The predicted molar refractivity (Wildman–Crippen MR) is 84.9 cm³/mol. The van der Waals surface area contributed by atoms with E-state index in [4.69, 9.17) is 4.74 Å². The number of carbonyl (C=O) groups is 2. The monoisotopic (exact) mass is 305 g/mol. The molecule has 1 aromatic carbocycles. The van der Waals surface area contributed by atoms with Crippen molar-refractivity contribution < 1.29 is 14.3 Å². The Hall–Kier alpha value is -2.08. The maximum Gasteiger partial charge on any atom is 0.325 e. The Labute approximate surface area is 131 Å². The van der Waals surface area contributed by atoms with Gasteiger partial charge in [0.2, 0.25) is 5.91 Å². The summed E-state index contributed by atoms with van der Waals surface area (Å²) in [6, 6.07) is 9.39. The number of amides is 3. The lowest BCUT2D eigenvalue weighted by atomic mass is 10.3. The third-order valence-corrected chi connectivity index (χ3v) is 3.49. The number of para-hydroxylation sites is 1. The van der Waals surface area contributed by atoms with Gasteiger partial charge in [-0.2, -0.15) is 0 Å². The molecule has 0 unspecified atom stereocenters. The van der Waals surface area contributed by atoms with Crippen molar-refractivity contribution in [1.29, 1.82) is 0 Å². The number of hydrogen-bond donors (Lipinski definition) is 1. The van der Waals surface area contributed by atoms with Crippen LogP contribution in [0.4, 0.5) is 10.5 Å². The summed E-state index contributed by atoms with van der Waals surface area (Å²) in [6.07, 6.45) is 0.781. The number of rotatable bonds is 8. The van der Waals surface area contributed by atoms with Crippen LogP contribution in [-0.4, -0.2) is 56.2 Å². The Kier molecular flexibility index (Phi) is 6.21. The molecule has 0 saturated carbocycles. The van der Waals surface area contributed by atoms with Crippen molar-refractivity contribution in [3.8, 4) is 0 Å². The molecular weight excluding hydrogens is 282 g/mol. The van der Waals surface area contributed by atoms with Gasteiger partial charge in [-0.1, -0.05) is 18.2 Å². The zero-order valence-electron chi connectivity index (χ0n) is 13.0. The quantitative estimate of drug-likeness (QED) is 0.740. The average molecular weight is 305 g/mol. The minimum atomic E-state index is -0.125. The number of urea groups is 1. The summed E-state index contributed by atoms with van der Waals surface area (Å²) in [5.41, 5.74) is 0.868. The SMILES string of the molecule is CCOCCCNC(=O)CN1CCN(c2ccccc2)C1=O. The fraction of sp³-hybridized carbons (Fsp3) is 0.500. The minimum Gasteiger partial charge on any atom is -0.382 e. The summed E-state index contributed by atoms with van der Waals surface area (Å²) >= 11 is 0. The Morgan fingerprint density at radius 1 is 1.27 bits per heavy atom. The van der Waals surface area contributed by atoms with Gasteiger partial charge < -0.3 is 15.0 Å². The van der Waals surface area contributed by atoms with Crippen molar-refractivity contribution >= 4 is 17.6 Å². The van der Waals surface area contributed by atoms with Crippen LogP contribution < -0.4 is 10.2 Å². The highest BCUT2D eigenvalue weighted by Crippen LogP contribution is 2.19. The normalized spacial score (nSPS) is 14.5. The molecule has 1 fully saturated rings. The second-order valence-electron chi connectivity index (χ2n) is 5.09. The Bertz CT molecular complexity index is 493. The van der Waals surface area contributed by atoms with Crippen LogP contribution in [-0.2, 0) is 9.53 Å². The molecule has 1 saturated heterocycles. The fourth-order valence-electron chi connectivity index (χ4n) is 2.35. The van der Waals surface area contributed by atoms with Gasteiger partial charge in [-0.3, -0.25) is 9.69 Å². The predicted octanol–water partition coefficient (Wildman–Crippen LogP) is 1.47. The Morgan fingerprint density at radius 3 is 2.77 bits per heavy atom. The van der Waals surface area contributed by atoms with Gasteiger partial charge in [0.05, 0.1) is 0 Å². The van der Waals surface area contributed by atoms with Crippen LogP contribution in [0.3, 0.4) is 0 Å². The number of nitrogens with zero attached hydrogens (tertiary/aromatic N) is 2. The van der Waals surface area contributed by atoms with Crippen molar-refractivity contribution in [3.05, 3.63) is 30.3 Å². The first-order chi connectivity index (χ1) is 10.7. The smallest absolute Gasteiger partial charge is 0.325 e. The number of ether oxygens (including phenoxy) is 1. The molecule has 0 aliphatic carbocycles. The van der Waals surface area contributed by atoms with Crippen LogP contribution in [0.1, 0.15) is 13.3 Å². The zero-order valence-corrected chi connectivity index (χ0v) is 13.0.